The summed E-state index contributed by atoms with van der Waals surface area (Å²) in [6.45, 7) is 10.6. The van der Waals surface area contributed by atoms with Gasteiger partial charge in [0.15, 0.2) is 0 Å². The largest absolute Gasteiger partial charge is 0.371 e. The number of hydrogen-bond acceptors (Lipinski definition) is 2. The quantitative estimate of drug-likeness (QED) is 0.839. The van der Waals surface area contributed by atoms with Gasteiger partial charge in [0.05, 0.1) is 6.04 Å². The van der Waals surface area contributed by atoms with Gasteiger partial charge in [-0.3, -0.25) is 4.79 Å². The van der Waals surface area contributed by atoms with E-state index in [4.69, 9.17) is 0 Å². The zero-order valence-corrected chi connectivity index (χ0v) is 16.4. The van der Waals surface area contributed by atoms with Crippen molar-refractivity contribution in [2.45, 2.75) is 46.6 Å². The van der Waals surface area contributed by atoms with E-state index in [2.05, 4.69) is 41.4 Å². The minimum Gasteiger partial charge on any atom is -0.371 e. The molecule has 0 saturated carbocycles. The Balaban J connectivity index is 1.67. The van der Waals surface area contributed by atoms with Crippen LogP contribution in [0.4, 0.5) is 5.69 Å². The van der Waals surface area contributed by atoms with Crippen molar-refractivity contribution in [1.29, 1.82) is 0 Å². The first-order chi connectivity index (χ1) is 12.4. The maximum absolute atomic E-state index is 12.6. The highest BCUT2D eigenvalue weighted by molar-refractivity contribution is 5.96. The van der Waals surface area contributed by atoms with Crippen LogP contribution in [0.5, 0.6) is 0 Å². The minimum atomic E-state index is -0.0169. The summed E-state index contributed by atoms with van der Waals surface area (Å²) >= 11 is 0. The fourth-order valence-electron chi connectivity index (χ4n) is 3.74. The molecule has 3 rings (SSSR count). The van der Waals surface area contributed by atoms with E-state index < -0.39 is 0 Å². The molecule has 2 aromatic carbocycles. The Kier molecular flexibility index (Phi) is 5.65. The molecule has 1 saturated heterocycles. The van der Waals surface area contributed by atoms with Gasteiger partial charge >= 0.3 is 0 Å². The second-order valence-electron chi connectivity index (χ2n) is 7.80. The third-order valence-electron chi connectivity index (χ3n) is 5.40. The summed E-state index contributed by atoms with van der Waals surface area (Å²) in [4.78, 5) is 15.1. The number of rotatable bonds is 4. The number of nitrogens with zero attached hydrogens (tertiary/aromatic N) is 1. The van der Waals surface area contributed by atoms with Crippen LogP contribution in [0.25, 0.3) is 0 Å². The molecule has 1 amide bonds. The Morgan fingerprint density at radius 2 is 1.88 bits per heavy atom. The van der Waals surface area contributed by atoms with Crippen LogP contribution >= 0.6 is 0 Å². The summed E-state index contributed by atoms with van der Waals surface area (Å²) in [6.07, 6.45) is 2.60. The standard InChI is InChI=1S/C23H30N2O/c1-16-7-8-18(3)22(14-16)23(26)24-19(4)20-9-11-21(12-10-20)25-13-5-6-17(2)15-25/h7-12,14,17,19H,5-6,13,15H2,1-4H3,(H,24,26)/t17-,19+/m1/s1. The molecule has 2 aromatic rings. The first kappa shape index (κ1) is 18.5. The number of aryl methyl sites for hydroxylation is 2. The maximum Gasteiger partial charge on any atom is 0.252 e. The lowest BCUT2D eigenvalue weighted by Gasteiger charge is -2.33. The third-order valence-corrected chi connectivity index (χ3v) is 5.40. The molecule has 1 heterocycles. The van der Waals surface area contributed by atoms with Gasteiger partial charge in [-0.05, 0) is 68.9 Å². The Morgan fingerprint density at radius 1 is 1.15 bits per heavy atom. The van der Waals surface area contributed by atoms with E-state index in [0.717, 1.165) is 41.3 Å². The lowest BCUT2D eigenvalue weighted by Crippen LogP contribution is -2.34. The first-order valence-corrected chi connectivity index (χ1v) is 9.67. The zero-order valence-electron chi connectivity index (χ0n) is 16.4. The Labute approximate surface area is 157 Å². The molecule has 0 aromatic heterocycles. The van der Waals surface area contributed by atoms with Crippen molar-refractivity contribution >= 4 is 11.6 Å². The molecule has 138 valence electrons. The van der Waals surface area contributed by atoms with Gasteiger partial charge in [-0.25, -0.2) is 0 Å². The molecule has 26 heavy (non-hydrogen) atoms. The van der Waals surface area contributed by atoms with Gasteiger partial charge in [-0.1, -0.05) is 36.8 Å². The minimum absolute atomic E-state index is 0.00682. The zero-order chi connectivity index (χ0) is 18.7. The lowest BCUT2D eigenvalue weighted by molar-refractivity contribution is 0.0939. The molecule has 3 nitrogen and oxygen atoms in total. The lowest BCUT2D eigenvalue weighted by atomic mass is 9.99. The van der Waals surface area contributed by atoms with Gasteiger partial charge in [0, 0.05) is 24.3 Å². The van der Waals surface area contributed by atoms with Crippen LogP contribution in [0.1, 0.15) is 59.8 Å². The number of piperidine rings is 1. The van der Waals surface area contributed by atoms with Crippen LogP contribution in [-0.2, 0) is 0 Å². The van der Waals surface area contributed by atoms with Crippen molar-refractivity contribution in [3.63, 3.8) is 0 Å². The van der Waals surface area contributed by atoms with Gasteiger partial charge < -0.3 is 10.2 Å². The number of carbonyl (C=O) groups excluding carboxylic acids is 1. The summed E-state index contributed by atoms with van der Waals surface area (Å²) in [5.41, 5.74) is 5.30. The predicted octanol–water partition coefficient (Wildman–Crippen LogP) is 5.03. The molecule has 0 radical (unpaired) electrons. The highest BCUT2D eigenvalue weighted by Gasteiger charge is 2.17. The van der Waals surface area contributed by atoms with E-state index in [1.807, 2.05) is 39.0 Å². The fraction of sp³-hybridized carbons (Fsp3) is 0.435. The average Bonchev–Trinajstić information content (AvgIpc) is 2.63. The van der Waals surface area contributed by atoms with Crippen molar-refractivity contribution in [2.24, 2.45) is 5.92 Å². The van der Waals surface area contributed by atoms with E-state index >= 15 is 0 Å². The second-order valence-corrected chi connectivity index (χ2v) is 7.80. The summed E-state index contributed by atoms with van der Waals surface area (Å²) in [6, 6.07) is 14.6. The number of anilines is 1. The van der Waals surface area contributed by atoms with Crippen molar-refractivity contribution in [3.05, 3.63) is 64.7 Å². The van der Waals surface area contributed by atoms with E-state index in [0.29, 0.717) is 0 Å². The highest BCUT2D eigenvalue weighted by atomic mass is 16.1. The Morgan fingerprint density at radius 3 is 2.58 bits per heavy atom. The van der Waals surface area contributed by atoms with Crippen LogP contribution < -0.4 is 10.2 Å². The summed E-state index contributed by atoms with van der Waals surface area (Å²) < 4.78 is 0. The Bertz CT molecular complexity index is 766. The van der Waals surface area contributed by atoms with E-state index in [1.54, 1.807) is 0 Å². The number of nitrogens with one attached hydrogen (secondary N) is 1. The van der Waals surface area contributed by atoms with Crippen LogP contribution in [0.15, 0.2) is 42.5 Å². The van der Waals surface area contributed by atoms with Crippen LogP contribution in [0.3, 0.4) is 0 Å². The average molecular weight is 351 g/mol. The maximum atomic E-state index is 12.6. The molecule has 2 atom stereocenters. The third kappa shape index (κ3) is 4.27. The summed E-state index contributed by atoms with van der Waals surface area (Å²) in [5, 5.41) is 3.13. The molecular formula is C23H30N2O. The number of hydrogen-bond donors (Lipinski definition) is 1. The van der Waals surface area contributed by atoms with Crippen LogP contribution in [0.2, 0.25) is 0 Å². The molecule has 1 aliphatic rings. The van der Waals surface area contributed by atoms with Gasteiger partial charge in [-0.2, -0.15) is 0 Å². The summed E-state index contributed by atoms with van der Waals surface area (Å²) in [7, 11) is 0. The molecule has 0 spiro atoms. The van der Waals surface area contributed by atoms with E-state index in [1.165, 1.54) is 18.5 Å². The monoisotopic (exact) mass is 350 g/mol. The highest BCUT2D eigenvalue weighted by Crippen LogP contribution is 2.25. The van der Waals surface area contributed by atoms with Crippen molar-refractivity contribution < 1.29 is 4.79 Å². The van der Waals surface area contributed by atoms with Crippen LogP contribution in [0, 0.1) is 19.8 Å². The molecule has 1 aliphatic heterocycles. The molecule has 3 heteroatoms. The topological polar surface area (TPSA) is 32.3 Å². The molecular weight excluding hydrogens is 320 g/mol. The van der Waals surface area contributed by atoms with Crippen molar-refractivity contribution in [2.75, 3.05) is 18.0 Å². The predicted molar refractivity (Wildman–Crippen MR) is 109 cm³/mol. The number of amides is 1. The molecule has 1 fully saturated rings. The number of carbonyl (C=O) groups is 1. The normalized spacial score (nSPS) is 18.5. The van der Waals surface area contributed by atoms with E-state index in [9.17, 15) is 4.79 Å². The SMILES string of the molecule is Cc1ccc(C)c(C(=O)N[C@@H](C)c2ccc(N3CCC[C@@H](C)C3)cc2)c1. The van der Waals surface area contributed by atoms with Crippen molar-refractivity contribution in [1.82, 2.24) is 5.32 Å². The van der Waals surface area contributed by atoms with Gasteiger partial charge in [0.1, 0.15) is 0 Å². The van der Waals surface area contributed by atoms with E-state index in [-0.39, 0.29) is 11.9 Å². The molecule has 0 unspecified atom stereocenters. The molecule has 0 aliphatic carbocycles. The van der Waals surface area contributed by atoms with Gasteiger partial charge in [0.2, 0.25) is 0 Å². The second kappa shape index (κ2) is 7.94. The van der Waals surface area contributed by atoms with Gasteiger partial charge in [-0.15, -0.1) is 0 Å². The Hall–Kier alpha value is -2.29. The van der Waals surface area contributed by atoms with Crippen LogP contribution in [-0.4, -0.2) is 19.0 Å². The van der Waals surface area contributed by atoms with Crippen molar-refractivity contribution in [3.8, 4) is 0 Å². The molecule has 0 bridgehead atoms. The molecule has 1 N–H and O–H groups in total. The summed E-state index contributed by atoms with van der Waals surface area (Å²) in [5.74, 6) is 0.756. The smallest absolute Gasteiger partial charge is 0.252 e. The van der Waals surface area contributed by atoms with Gasteiger partial charge in [0.25, 0.3) is 5.91 Å². The number of benzene rings is 2. The fourth-order valence-corrected chi connectivity index (χ4v) is 3.74. The first-order valence-electron chi connectivity index (χ1n) is 9.67.